The molecule has 0 saturated carbocycles. The smallest absolute Gasteiger partial charge is 0.242 e. The highest BCUT2D eigenvalue weighted by Gasteiger charge is 2.16. The van der Waals surface area contributed by atoms with E-state index < -0.39 is 21.7 Å². The fourth-order valence-electron chi connectivity index (χ4n) is 1.91. The summed E-state index contributed by atoms with van der Waals surface area (Å²) in [6, 6.07) is 9.13. The topological polar surface area (TPSA) is 58.6 Å². The molecule has 2 rings (SSSR count). The number of benzene rings is 2. The Bertz CT molecular complexity index is 793. The molecule has 0 atom stereocenters. The van der Waals surface area contributed by atoms with Gasteiger partial charge in [0.15, 0.2) is 0 Å². The molecule has 0 heterocycles. The summed E-state index contributed by atoms with van der Waals surface area (Å²) in [5.74, 6) is -0.596. The molecule has 0 bridgehead atoms. The highest BCUT2D eigenvalue weighted by atomic mass is 32.2. The molecule has 2 aromatic rings. The Labute approximate surface area is 139 Å². The number of ether oxygens (including phenoxy) is 1. The van der Waals surface area contributed by atoms with E-state index in [1.54, 1.807) is 12.1 Å². The van der Waals surface area contributed by atoms with E-state index in [4.69, 9.17) is 4.74 Å². The van der Waals surface area contributed by atoms with Crippen molar-refractivity contribution in [3.8, 4) is 5.75 Å². The highest BCUT2D eigenvalue weighted by molar-refractivity contribution is 7.89. The SMILES string of the molecule is CN(C)S(=O)(=O)c1ccc(OCCNc2cc(F)ccc2F)cc1. The van der Waals surface area contributed by atoms with Crippen LogP contribution in [0, 0.1) is 11.6 Å². The second-order valence-corrected chi connectivity index (χ2v) is 7.31. The van der Waals surface area contributed by atoms with Crippen LogP contribution in [-0.4, -0.2) is 40.0 Å². The van der Waals surface area contributed by atoms with E-state index in [0.717, 1.165) is 22.5 Å². The third kappa shape index (κ3) is 4.42. The maximum absolute atomic E-state index is 13.4. The minimum absolute atomic E-state index is 0.0611. The van der Waals surface area contributed by atoms with Gasteiger partial charge in [0.05, 0.1) is 10.6 Å². The number of rotatable bonds is 7. The van der Waals surface area contributed by atoms with Crippen molar-refractivity contribution in [2.75, 3.05) is 32.6 Å². The summed E-state index contributed by atoms with van der Waals surface area (Å²) in [6.45, 7) is 0.466. The summed E-state index contributed by atoms with van der Waals surface area (Å²) >= 11 is 0. The van der Waals surface area contributed by atoms with Crippen molar-refractivity contribution in [2.24, 2.45) is 0 Å². The summed E-state index contributed by atoms with van der Waals surface area (Å²) in [6.07, 6.45) is 0. The molecule has 0 aliphatic carbocycles. The van der Waals surface area contributed by atoms with Crippen LogP contribution < -0.4 is 10.1 Å². The lowest BCUT2D eigenvalue weighted by Gasteiger charge is -2.12. The van der Waals surface area contributed by atoms with Crippen molar-refractivity contribution >= 4 is 15.7 Å². The lowest BCUT2D eigenvalue weighted by molar-refractivity contribution is 0.332. The summed E-state index contributed by atoms with van der Waals surface area (Å²) in [4.78, 5) is 0.166. The number of nitrogens with one attached hydrogen (secondary N) is 1. The fourth-order valence-corrected chi connectivity index (χ4v) is 2.81. The van der Waals surface area contributed by atoms with Crippen molar-refractivity contribution in [1.29, 1.82) is 0 Å². The predicted molar refractivity (Wildman–Crippen MR) is 87.7 cm³/mol. The van der Waals surface area contributed by atoms with E-state index in [1.165, 1.54) is 26.2 Å². The molecule has 0 amide bonds. The monoisotopic (exact) mass is 356 g/mol. The molecule has 0 aliphatic rings. The van der Waals surface area contributed by atoms with E-state index in [0.29, 0.717) is 5.75 Å². The molecule has 0 saturated heterocycles. The average molecular weight is 356 g/mol. The molecule has 5 nitrogen and oxygen atoms in total. The first-order valence-corrected chi connectivity index (χ1v) is 8.59. The maximum Gasteiger partial charge on any atom is 0.242 e. The van der Waals surface area contributed by atoms with Crippen molar-refractivity contribution in [3.63, 3.8) is 0 Å². The Balaban J connectivity index is 1.88. The van der Waals surface area contributed by atoms with Gasteiger partial charge in [-0.15, -0.1) is 0 Å². The first kappa shape index (κ1) is 18.2. The zero-order chi connectivity index (χ0) is 17.7. The van der Waals surface area contributed by atoms with Crippen molar-refractivity contribution in [2.45, 2.75) is 4.90 Å². The van der Waals surface area contributed by atoms with Gasteiger partial charge in [0.2, 0.25) is 10.0 Å². The Hall–Kier alpha value is -2.19. The minimum atomic E-state index is -3.48. The van der Waals surface area contributed by atoms with Gasteiger partial charge < -0.3 is 10.1 Å². The van der Waals surface area contributed by atoms with Crippen LogP contribution in [0.4, 0.5) is 14.5 Å². The average Bonchev–Trinajstić information content (AvgIpc) is 2.55. The molecule has 130 valence electrons. The standard InChI is InChI=1S/C16H18F2N2O3S/c1-20(2)24(21,22)14-6-4-13(5-7-14)23-10-9-19-16-11-12(17)3-8-15(16)18/h3-8,11,19H,9-10H2,1-2H3. The summed E-state index contributed by atoms with van der Waals surface area (Å²) in [7, 11) is -0.565. The molecule has 24 heavy (non-hydrogen) atoms. The van der Waals surface area contributed by atoms with Crippen LogP contribution in [0.1, 0.15) is 0 Å². The molecular weight excluding hydrogens is 338 g/mol. The number of anilines is 1. The number of hydrogen-bond donors (Lipinski definition) is 1. The zero-order valence-corrected chi connectivity index (χ0v) is 14.1. The number of halogens is 2. The first-order chi connectivity index (χ1) is 11.3. The largest absolute Gasteiger partial charge is 0.492 e. The van der Waals surface area contributed by atoms with Gasteiger partial charge in [-0.25, -0.2) is 21.5 Å². The Morgan fingerprint density at radius 2 is 1.75 bits per heavy atom. The molecule has 8 heteroatoms. The maximum atomic E-state index is 13.4. The van der Waals surface area contributed by atoms with Crippen LogP contribution in [0.2, 0.25) is 0 Å². The van der Waals surface area contributed by atoms with E-state index in [2.05, 4.69) is 5.32 Å². The molecule has 1 N–H and O–H groups in total. The third-order valence-corrected chi connectivity index (χ3v) is 5.05. The van der Waals surface area contributed by atoms with Gasteiger partial charge >= 0.3 is 0 Å². The van der Waals surface area contributed by atoms with Gasteiger partial charge in [-0.1, -0.05) is 0 Å². The van der Waals surface area contributed by atoms with Crippen LogP contribution in [0.15, 0.2) is 47.4 Å². The van der Waals surface area contributed by atoms with Crippen molar-refractivity contribution in [1.82, 2.24) is 4.31 Å². The summed E-state index contributed by atoms with van der Waals surface area (Å²) < 4.78 is 56.9. The minimum Gasteiger partial charge on any atom is -0.492 e. The number of sulfonamides is 1. The van der Waals surface area contributed by atoms with Crippen LogP contribution in [-0.2, 0) is 10.0 Å². The van der Waals surface area contributed by atoms with E-state index in [-0.39, 0.29) is 23.7 Å². The van der Waals surface area contributed by atoms with Gasteiger partial charge in [0.1, 0.15) is 24.0 Å². The summed E-state index contributed by atoms with van der Waals surface area (Å²) in [5, 5.41) is 2.73. The Morgan fingerprint density at radius 3 is 2.38 bits per heavy atom. The lowest BCUT2D eigenvalue weighted by Crippen LogP contribution is -2.22. The quantitative estimate of drug-likeness (QED) is 0.775. The number of hydrogen-bond acceptors (Lipinski definition) is 4. The Morgan fingerprint density at radius 1 is 1.08 bits per heavy atom. The van der Waals surface area contributed by atoms with Crippen LogP contribution in [0.5, 0.6) is 5.75 Å². The van der Waals surface area contributed by atoms with Gasteiger partial charge in [0, 0.05) is 20.6 Å². The fraction of sp³-hybridized carbons (Fsp3) is 0.250. The van der Waals surface area contributed by atoms with Crippen LogP contribution in [0.25, 0.3) is 0 Å². The van der Waals surface area contributed by atoms with Gasteiger partial charge in [-0.3, -0.25) is 0 Å². The van der Waals surface area contributed by atoms with Crippen LogP contribution in [0.3, 0.4) is 0 Å². The second-order valence-electron chi connectivity index (χ2n) is 5.16. The van der Waals surface area contributed by atoms with Crippen LogP contribution >= 0.6 is 0 Å². The molecule has 0 spiro atoms. The summed E-state index contributed by atoms with van der Waals surface area (Å²) in [5.41, 5.74) is 0.0611. The molecule has 0 aromatic heterocycles. The normalized spacial score (nSPS) is 11.5. The molecule has 0 radical (unpaired) electrons. The van der Waals surface area contributed by atoms with E-state index in [9.17, 15) is 17.2 Å². The molecule has 0 fully saturated rings. The van der Waals surface area contributed by atoms with Crippen molar-refractivity contribution < 1.29 is 21.9 Å². The predicted octanol–water partition coefficient (Wildman–Crippen LogP) is 2.71. The molecule has 2 aromatic carbocycles. The molecular formula is C16H18F2N2O3S. The zero-order valence-electron chi connectivity index (χ0n) is 13.3. The van der Waals surface area contributed by atoms with Gasteiger partial charge in [0.25, 0.3) is 0 Å². The van der Waals surface area contributed by atoms with E-state index >= 15 is 0 Å². The van der Waals surface area contributed by atoms with Gasteiger partial charge in [-0.05, 0) is 42.5 Å². The first-order valence-electron chi connectivity index (χ1n) is 7.15. The number of nitrogens with zero attached hydrogens (tertiary/aromatic N) is 1. The van der Waals surface area contributed by atoms with E-state index in [1.807, 2.05) is 0 Å². The molecule has 0 aliphatic heterocycles. The van der Waals surface area contributed by atoms with Crippen molar-refractivity contribution in [3.05, 3.63) is 54.1 Å². The molecule has 0 unspecified atom stereocenters. The second kappa shape index (κ2) is 7.59. The third-order valence-electron chi connectivity index (χ3n) is 3.22. The Kier molecular flexibility index (Phi) is 5.74. The lowest BCUT2D eigenvalue weighted by atomic mass is 10.3. The highest BCUT2D eigenvalue weighted by Crippen LogP contribution is 2.18. The van der Waals surface area contributed by atoms with Gasteiger partial charge in [-0.2, -0.15) is 0 Å².